The zero-order valence-corrected chi connectivity index (χ0v) is 14.3. The molecule has 1 aromatic heterocycles. The van der Waals surface area contributed by atoms with E-state index in [1.807, 2.05) is 32.0 Å². The smallest absolute Gasteiger partial charge is 0.356 e. The number of rotatable bonds is 3. The van der Waals surface area contributed by atoms with Gasteiger partial charge in [0.25, 0.3) is 5.91 Å². The molecule has 1 N–H and O–H groups in total. The maximum atomic E-state index is 12.9. The number of hydrogen-bond acceptors (Lipinski definition) is 5. The Labute approximate surface area is 145 Å². The second-order valence-electron chi connectivity index (χ2n) is 6.10. The van der Waals surface area contributed by atoms with Crippen LogP contribution in [0.1, 0.15) is 52.0 Å². The first kappa shape index (κ1) is 16.9. The first-order valence-corrected chi connectivity index (χ1v) is 7.97. The summed E-state index contributed by atoms with van der Waals surface area (Å²) in [4.78, 5) is 33.3. The summed E-state index contributed by atoms with van der Waals surface area (Å²) < 4.78 is 5.28. The Hall–Kier alpha value is -2.96. The highest BCUT2D eigenvalue weighted by Crippen LogP contribution is 2.35. The van der Waals surface area contributed by atoms with E-state index >= 15 is 0 Å². The second-order valence-corrected chi connectivity index (χ2v) is 6.10. The van der Waals surface area contributed by atoms with Crippen molar-refractivity contribution < 1.29 is 19.4 Å². The average Bonchev–Trinajstić information content (AvgIpc) is 2.61. The summed E-state index contributed by atoms with van der Waals surface area (Å²) in [5.74, 6) is -0.631. The van der Waals surface area contributed by atoms with Crippen LogP contribution in [0.4, 0.5) is 0 Å². The van der Waals surface area contributed by atoms with Crippen molar-refractivity contribution in [1.29, 1.82) is 0 Å². The lowest BCUT2D eigenvalue weighted by Crippen LogP contribution is -2.45. The molecule has 0 saturated carbocycles. The minimum atomic E-state index is -1.17. The van der Waals surface area contributed by atoms with Gasteiger partial charge in [0.05, 0.1) is 25.5 Å². The maximum Gasteiger partial charge on any atom is 0.356 e. The highest BCUT2D eigenvalue weighted by molar-refractivity contribution is 5.93. The maximum absolute atomic E-state index is 12.9. The van der Waals surface area contributed by atoms with E-state index in [-0.39, 0.29) is 29.4 Å². The molecule has 2 aromatic rings. The van der Waals surface area contributed by atoms with Gasteiger partial charge in [-0.3, -0.25) is 4.79 Å². The van der Waals surface area contributed by atoms with E-state index in [2.05, 4.69) is 9.97 Å². The fourth-order valence-corrected chi connectivity index (χ4v) is 3.30. The van der Waals surface area contributed by atoms with Crippen LogP contribution in [0.5, 0.6) is 5.75 Å². The average molecular weight is 341 g/mol. The van der Waals surface area contributed by atoms with Gasteiger partial charge in [-0.25, -0.2) is 14.8 Å². The van der Waals surface area contributed by atoms with Gasteiger partial charge in [-0.2, -0.15) is 0 Å². The molecule has 0 saturated heterocycles. The van der Waals surface area contributed by atoms with E-state index in [1.165, 1.54) is 6.20 Å². The van der Waals surface area contributed by atoms with E-state index < -0.39 is 5.97 Å². The quantitative estimate of drug-likeness (QED) is 0.921. The highest BCUT2D eigenvalue weighted by Gasteiger charge is 2.34. The number of benzene rings is 1. The summed E-state index contributed by atoms with van der Waals surface area (Å²) in [5.41, 5.74) is 2.19. The van der Waals surface area contributed by atoms with Crippen molar-refractivity contribution in [3.8, 4) is 5.75 Å². The number of carbonyl (C=O) groups excluding carboxylic acids is 1. The Morgan fingerprint density at radius 3 is 2.48 bits per heavy atom. The number of amides is 1. The summed E-state index contributed by atoms with van der Waals surface area (Å²) >= 11 is 0. The fourth-order valence-electron chi connectivity index (χ4n) is 3.30. The molecule has 130 valence electrons. The molecule has 1 aromatic carbocycles. The number of nitrogens with zero attached hydrogens (tertiary/aromatic N) is 3. The van der Waals surface area contributed by atoms with E-state index in [0.29, 0.717) is 6.42 Å². The summed E-state index contributed by atoms with van der Waals surface area (Å²) in [7, 11) is 1.63. The Morgan fingerprint density at radius 2 is 1.88 bits per heavy atom. The number of carboxylic acids is 1. The van der Waals surface area contributed by atoms with Gasteiger partial charge in [-0.1, -0.05) is 6.07 Å². The summed E-state index contributed by atoms with van der Waals surface area (Å²) in [6.45, 7) is 3.95. The first-order chi connectivity index (χ1) is 11.9. The van der Waals surface area contributed by atoms with Crippen molar-refractivity contribution in [2.24, 2.45) is 0 Å². The molecule has 0 spiro atoms. The molecule has 25 heavy (non-hydrogen) atoms. The Balaban J connectivity index is 1.91. The molecular weight excluding hydrogens is 322 g/mol. The number of aromatic nitrogens is 2. The van der Waals surface area contributed by atoms with E-state index in [4.69, 9.17) is 9.84 Å². The van der Waals surface area contributed by atoms with Gasteiger partial charge in [0.15, 0.2) is 5.69 Å². The number of hydrogen-bond donors (Lipinski definition) is 1. The lowest BCUT2D eigenvalue weighted by molar-refractivity contribution is 0.0571. The number of aromatic carboxylic acids is 1. The Morgan fingerprint density at radius 1 is 1.20 bits per heavy atom. The van der Waals surface area contributed by atoms with Crippen molar-refractivity contribution in [3.05, 3.63) is 53.1 Å². The van der Waals surface area contributed by atoms with E-state index in [1.54, 1.807) is 12.0 Å². The van der Waals surface area contributed by atoms with Crippen molar-refractivity contribution in [1.82, 2.24) is 14.9 Å². The van der Waals surface area contributed by atoms with Crippen molar-refractivity contribution in [3.63, 3.8) is 0 Å². The van der Waals surface area contributed by atoms with Gasteiger partial charge < -0.3 is 14.7 Å². The normalized spacial score (nSPS) is 19.2. The Kier molecular flexibility index (Phi) is 4.39. The zero-order chi connectivity index (χ0) is 18.1. The summed E-state index contributed by atoms with van der Waals surface area (Å²) in [6, 6.07) is 5.71. The molecule has 2 atom stereocenters. The molecule has 2 unspecified atom stereocenters. The van der Waals surface area contributed by atoms with Crippen LogP contribution < -0.4 is 4.74 Å². The number of fused-ring (bicyclic) bond motifs is 1. The minimum Gasteiger partial charge on any atom is -0.497 e. The van der Waals surface area contributed by atoms with Crippen LogP contribution in [0, 0.1) is 0 Å². The molecule has 1 amide bonds. The van der Waals surface area contributed by atoms with Gasteiger partial charge in [-0.05, 0) is 43.5 Å². The summed E-state index contributed by atoms with van der Waals surface area (Å²) in [5, 5.41) is 8.89. The highest BCUT2D eigenvalue weighted by atomic mass is 16.5. The molecular formula is C18H19N3O4. The molecule has 0 aliphatic carbocycles. The van der Waals surface area contributed by atoms with Gasteiger partial charge >= 0.3 is 5.97 Å². The van der Waals surface area contributed by atoms with Crippen LogP contribution in [0.25, 0.3) is 0 Å². The molecule has 0 radical (unpaired) electrons. The SMILES string of the molecule is COc1ccc2c(c1)CC(C)N(C(=O)c1cnc(C(=O)O)cn1)C2C. The first-order valence-electron chi connectivity index (χ1n) is 7.97. The van der Waals surface area contributed by atoms with E-state index in [0.717, 1.165) is 23.1 Å². The molecule has 2 heterocycles. The predicted octanol–water partition coefficient (Wildman–Crippen LogP) is 2.33. The third-order valence-corrected chi connectivity index (χ3v) is 4.53. The number of methoxy groups -OCH3 is 1. The standard InChI is InChI=1S/C18H19N3O4/c1-10-6-12-7-13(25-3)4-5-14(12)11(2)21(10)17(22)15-8-20-16(9-19-15)18(23)24/h4-5,7-11H,6H2,1-3H3,(H,23,24). The topological polar surface area (TPSA) is 92.6 Å². The van der Waals surface area contributed by atoms with Gasteiger partial charge in [-0.15, -0.1) is 0 Å². The largest absolute Gasteiger partial charge is 0.497 e. The Bertz CT molecular complexity index is 820. The third-order valence-electron chi connectivity index (χ3n) is 4.53. The molecule has 7 heteroatoms. The van der Waals surface area contributed by atoms with Gasteiger partial charge in [0.1, 0.15) is 11.4 Å². The van der Waals surface area contributed by atoms with Crippen LogP contribution in [0.3, 0.4) is 0 Å². The monoisotopic (exact) mass is 341 g/mol. The zero-order valence-electron chi connectivity index (χ0n) is 14.3. The van der Waals surface area contributed by atoms with Crippen LogP contribution in [-0.2, 0) is 6.42 Å². The van der Waals surface area contributed by atoms with Crippen molar-refractivity contribution >= 4 is 11.9 Å². The number of carbonyl (C=O) groups is 2. The lowest BCUT2D eigenvalue weighted by atomic mass is 9.89. The molecule has 1 aliphatic heterocycles. The second kappa shape index (κ2) is 6.51. The van der Waals surface area contributed by atoms with E-state index in [9.17, 15) is 9.59 Å². The van der Waals surface area contributed by atoms with Crippen molar-refractivity contribution in [2.75, 3.05) is 7.11 Å². The van der Waals surface area contributed by atoms with Gasteiger partial charge in [0.2, 0.25) is 0 Å². The molecule has 7 nitrogen and oxygen atoms in total. The molecule has 0 fully saturated rings. The predicted molar refractivity (Wildman–Crippen MR) is 89.7 cm³/mol. The van der Waals surface area contributed by atoms with Crippen LogP contribution in [0.2, 0.25) is 0 Å². The number of ether oxygens (including phenoxy) is 1. The van der Waals surface area contributed by atoms with Gasteiger partial charge in [0, 0.05) is 6.04 Å². The summed E-state index contributed by atoms with van der Waals surface area (Å²) in [6.07, 6.45) is 3.03. The van der Waals surface area contributed by atoms with Crippen LogP contribution in [-0.4, -0.2) is 45.0 Å². The van der Waals surface area contributed by atoms with Crippen LogP contribution in [0.15, 0.2) is 30.6 Å². The third kappa shape index (κ3) is 3.05. The van der Waals surface area contributed by atoms with Crippen LogP contribution >= 0.6 is 0 Å². The fraction of sp³-hybridized carbons (Fsp3) is 0.333. The molecule has 0 bridgehead atoms. The molecule has 1 aliphatic rings. The minimum absolute atomic E-state index is 0.0249. The lowest BCUT2D eigenvalue weighted by Gasteiger charge is -2.40. The van der Waals surface area contributed by atoms with Crippen molar-refractivity contribution in [2.45, 2.75) is 32.4 Å². The molecule has 3 rings (SSSR count). The number of carboxylic acid groups (broad SMARTS) is 1.